The zero-order chi connectivity index (χ0) is 51.3. The van der Waals surface area contributed by atoms with Crippen molar-refractivity contribution >= 4 is 63.8 Å². The lowest BCUT2D eigenvalue weighted by Crippen LogP contribution is -2.48. The highest BCUT2D eigenvalue weighted by molar-refractivity contribution is 6.05. The molecule has 0 spiro atoms. The molecule has 0 radical (unpaired) electrons. The van der Waals surface area contributed by atoms with Crippen LogP contribution in [0.2, 0.25) is 0 Å². The minimum atomic E-state index is -1.16. The van der Waals surface area contributed by atoms with Gasteiger partial charge in [0.2, 0.25) is 19.5 Å². The van der Waals surface area contributed by atoms with Crippen molar-refractivity contribution in [3.05, 3.63) is 53.9 Å². The molecule has 0 saturated carbocycles. The fourth-order valence-corrected chi connectivity index (χ4v) is 7.55. The third-order valence-electron chi connectivity index (χ3n) is 11.1. The average Bonchev–Trinajstić information content (AvgIpc) is 3.32. The molecule has 2 aromatic rings. The summed E-state index contributed by atoms with van der Waals surface area (Å²) in [5.74, 6) is -2.75. The number of carbonyl (C=O) groups is 6. The molecule has 1 N–H and O–H groups in total. The smallest absolute Gasteiger partial charge is 0.325 e. The normalized spacial score (nSPS) is 11.8. The number of unbranched alkanes of at least 4 members (excludes halogenated alkanes) is 1. The van der Waals surface area contributed by atoms with E-state index in [2.05, 4.69) is 60.8 Å². The van der Waals surface area contributed by atoms with E-state index in [9.17, 15) is 28.8 Å². The van der Waals surface area contributed by atoms with Gasteiger partial charge in [0.15, 0.2) is 6.79 Å². The van der Waals surface area contributed by atoms with Crippen LogP contribution in [0.25, 0.3) is 33.4 Å². The number of benzene rings is 3. The Bertz CT molecular complexity index is 2420. The third-order valence-corrected chi connectivity index (χ3v) is 11.1. The average molecular weight is 977 g/mol. The number of carbonyl (C=O) groups excluding carboxylic acids is 6. The topological polar surface area (TPSA) is 218 Å². The summed E-state index contributed by atoms with van der Waals surface area (Å²) in [5.41, 5.74) is 6.43. The Hall–Kier alpha value is -6.93. The maximum absolute atomic E-state index is 13.3. The van der Waals surface area contributed by atoms with Crippen molar-refractivity contribution < 1.29 is 66.3 Å². The fourth-order valence-electron chi connectivity index (χ4n) is 7.55. The van der Waals surface area contributed by atoms with Crippen molar-refractivity contribution in [2.75, 3.05) is 117 Å². The molecular formula is C50H68N6O14. The molecule has 1 amide bonds. The number of nitrogens with zero attached hydrogens (tertiary/aromatic N) is 5. The number of nitrogens with one attached hydrogen (secondary N) is 1. The first-order valence-corrected chi connectivity index (χ1v) is 23.1. The Morgan fingerprint density at radius 2 is 1.43 bits per heavy atom. The van der Waals surface area contributed by atoms with Gasteiger partial charge in [-0.1, -0.05) is 0 Å². The van der Waals surface area contributed by atoms with E-state index >= 15 is 0 Å². The molecule has 2 aliphatic rings. The molecular weight excluding hydrogens is 909 g/mol. The van der Waals surface area contributed by atoms with Crippen LogP contribution in [0.5, 0.6) is 5.75 Å². The molecule has 1 atom stereocenters. The van der Waals surface area contributed by atoms with Gasteiger partial charge in [0, 0.05) is 128 Å². The highest BCUT2D eigenvalue weighted by Gasteiger charge is 2.32. The highest BCUT2D eigenvalue weighted by atomic mass is 16.7. The van der Waals surface area contributed by atoms with Crippen LogP contribution in [0.3, 0.4) is 0 Å². The number of rotatable bonds is 28. The van der Waals surface area contributed by atoms with Gasteiger partial charge >= 0.3 is 29.8 Å². The van der Waals surface area contributed by atoms with Crippen LogP contribution in [-0.4, -0.2) is 149 Å². The van der Waals surface area contributed by atoms with Gasteiger partial charge in [0.1, 0.15) is 23.1 Å². The van der Waals surface area contributed by atoms with E-state index in [1.807, 2.05) is 57.4 Å². The molecule has 20 nitrogen and oxygen atoms in total. The minimum absolute atomic E-state index is 0.0939. The summed E-state index contributed by atoms with van der Waals surface area (Å²) >= 11 is 0. The summed E-state index contributed by atoms with van der Waals surface area (Å²) < 4.78 is 42.4. The van der Waals surface area contributed by atoms with E-state index < -0.39 is 62.6 Å². The Labute approximate surface area is 409 Å². The fraction of sp³-hybridized carbons (Fsp3) is 0.500. The first kappa shape index (κ1) is 55.7. The Morgan fingerprint density at radius 1 is 0.743 bits per heavy atom. The molecule has 4 rings (SSSR count). The van der Waals surface area contributed by atoms with Crippen LogP contribution in [0.15, 0.2) is 57.9 Å². The molecule has 0 saturated heterocycles. The van der Waals surface area contributed by atoms with Crippen LogP contribution in [0.1, 0.15) is 59.8 Å². The molecule has 20 heteroatoms. The van der Waals surface area contributed by atoms with E-state index in [4.69, 9.17) is 28.1 Å². The van der Waals surface area contributed by atoms with Gasteiger partial charge in [0.25, 0.3) is 0 Å². The van der Waals surface area contributed by atoms with Crippen molar-refractivity contribution in [1.29, 1.82) is 0 Å². The lowest BCUT2D eigenvalue weighted by molar-refractivity contribution is -0.171. The summed E-state index contributed by atoms with van der Waals surface area (Å²) in [4.78, 5) is 86.2. The lowest BCUT2D eigenvalue weighted by Gasteiger charge is -2.30. The number of fused-ring (bicyclic) bond motifs is 2. The molecule has 1 aliphatic heterocycles. The Kier molecular flexibility index (Phi) is 22.2. The van der Waals surface area contributed by atoms with Crippen LogP contribution in [-0.2, 0) is 57.2 Å². The number of esters is 5. The molecule has 1 unspecified atom stereocenters. The van der Waals surface area contributed by atoms with Crippen LogP contribution in [0.4, 0.5) is 17.1 Å². The summed E-state index contributed by atoms with van der Waals surface area (Å²) in [6, 6.07) is 15.2. The highest BCUT2D eigenvalue weighted by Crippen LogP contribution is 2.47. The van der Waals surface area contributed by atoms with Gasteiger partial charge < -0.3 is 57.6 Å². The van der Waals surface area contributed by atoms with Crippen molar-refractivity contribution in [2.45, 2.75) is 65.8 Å². The van der Waals surface area contributed by atoms with Crippen molar-refractivity contribution in [2.24, 2.45) is 4.99 Å². The zero-order valence-corrected chi connectivity index (χ0v) is 42.0. The molecule has 2 aromatic carbocycles. The molecule has 1 heterocycles. The molecule has 70 heavy (non-hydrogen) atoms. The minimum Gasteiger partial charge on any atom is -0.496 e. The molecule has 1 aliphatic carbocycles. The molecule has 0 aromatic heterocycles. The number of amides is 1. The maximum atomic E-state index is 13.3. The SMILES string of the molecule is CCOCOC(=O)C(CCCCNC(=O)CCCN(CC)c1cc(OC)c(-c2c3ccc(=NC)cc-3oc3cc(N(C)C)ccc23)cc1N(C)C)N(CC(=O)OCOC(C)=O)CC(=O)OCOC(C)=O. The first-order valence-electron chi connectivity index (χ1n) is 23.1. The second-order valence-corrected chi connectivity index (χ2v) is 16.5. The quantitative estimate of drug-likeness (QED) is 0.0257. The zero-order valence-electron chi connectivity index (χ0n) is 42.0. The number of hydrogen-bond donors (Lipinski definition) is 1. The Balaban J connectivity index is 1.45. The van der Waals surface area contributed by atoms with E-state index in [1.165, 1.54) is 4.90 Å². The van der Waals surface area contributed by atoms with E-state index in [0.717, 1.165) is 63.9 Å². The summed E-state index contributed by atoms with van der Waals surface area (Å²) in [6.45, 7) is 4.94. The first-order chi connectivity index (χ1) is 33.5. The van der Waals surface area contributed by atoms with Crippen LogP contribution < -0.4 is 30.1 Å². The predicted molar refractivity (Wildman–Crippen MR) is 262 cm³/mol. The molecule has 0 fully saturated rings. The van der Waals surface area contributed by atoms with Gasteiger partial charge in [-0.15, -0.1) is 0 Å². The van der Waals surface area contributed by atoms with E-state index in [0.29, 0.717) is 43.9 Å². The number of ether oxygens (including phenoxy) is 7. The largest absolute Gasteiger partial charge is 0.496 e. The second-order valence-electron chi connectivity index (χ2n) is 16.5. The number of anilines is 3. The van der Waals surface area contributed by atoms with Crippen molar-refractivity contribution in [3.63, 3.8) is 0 Å². The monoisotopic (exact) mass is 976 g/mol. The van der Waals surface area contributed by atoms with Gasteiger partial charge in [-0.2, -0.15) is 0 Å². The lowest BCUT2D eigenvalue weighted by atomic mass is 9.92. The van der Waals surface area contributed by atoms with Gasteiger partial charge in [-0.05, 0) is 69.9 Å². The van der Waals surface area contributed by atoms with Crippen molar-refractivity contribution in [1.82, 2.24) is 10.2 Å². The van der Waals surface area contributed by atoms with Gasteiger partial charge in [0.05, 0.1) is 36.9 Å². The van der Waals surface area contributed by atoms with Crippen LogP contribution in [0, 0.1) is 0 Å². The van der Waals surface area contributed by atoms with Gasteiger partial charge in [-0.25, -0.2) is 0 Å². The number of hydrogen-bond acceptors (Lipinski definition) is 19. The predicted octanol–water partition coefficient (Wildman–Crippen LogP) is 5.10. The summed E-state index contributed by atoms with van der Waals surface area (Å²) in [7, 11) is 11.4. The maximum Gasteiger partial charge on any atom is 0.325 e. The van der Waals surface area contributed by atoms with Gasteiger partial charge in [-0.3, -0.25) is 38.7 Å². The van der Waals surface area contributed by atoms with Crippen molar-refractivity contribution in [3.8, 4) is 28.2 Å². The van der Waals surface area contributed by atoms with E-state index in [-0.39, 0.29) is 38.7 Å². The second kappa shape index (κ2) is 27.9. The third kappa shape index (κ3) is 16.4. The van der Waals surface area contributed by atoms with Crippen LogP contribution >= 0.6 is 0 Å². The molecule has 0 bridgehead atoms. The summed E-state index contributed by atoms with van der Waals surface area (Å²) in [6.07, 6.45) is 1.70. The standard InChI is InChI=1S/C50H68N6O14/c1-11-55(42-27-43(63-10)39(26-41(42)54(8)9)49-37-20-18-35(51-5)24-44(37)70-45-25-36(53(6)7)19-21-38(45)49)23-15-17-46(59)52-22-14-13-16-40(50(62)69-30-64-12-2)56(28-47(60)67-31-65-33(3)57)29-48(61)68-32-66-34(4)58/h18-21,24-27,40H,11-17,22-23,28-32H2,1-10H3,(H,52,59). The van der Waals surface area contributed by atoms with E-state index in [1.54, 1.807) is 21.1 Å². The molecule has 382 valence electrons. The number of methoxy groups -OCH3 is 1. The summed E-state index contributed by atoms with van der Waals surface area (Å²) in [5, 5.41) is 4.69. The Morgan fingerprint density at radius 3 is 2.01 bits per heavy atom.